The Bertz CT molecular complexity index is 4190. The van der Waals surface area contributed by atoms with Gasteiger partial charge >= 0.3 is 18.2 Å². The van der Waals surface area contributed by atoms with Gasteiger partial charge in [-0.1, -0.05) is 151 Å². The van der Waals surface area contributed by atoms with E-state index >= 15 is 0 Å². The van der Waals surface area contributed by atoms with E-state index in [-0.39, 0.29) is 51.5 Å². The van der Waals surface area contributed by atoms with Crippen LogP contribution in [0.2, 0.25) is 0 Å². The highest BCUT2D eigenvalue weighted by Crippen LogP contribution is 2.48. The van der Waals surface area contributed by atoms with E-state index in [4.69, 9.17) is 24.7 Å². The number of benzene rings is 4. The molecule has 4 aromatic rings. The summed E-state index contributed by atoms with van der Waals surface area (Å²) in [7, 11) is -4.29. The number of amides is 7. The van der Waals surface area contributed by atoms with Crippen molar-refractivity contribution in [3.8, 4) is 22.3 Å². The summed E-state index contributed by atoms with van der Waals surface area (Å²) in [4.78, 5) is 109. The van der Waals surface area contributed by atoms with Crippen LogP contribution in [0.5, 0.6) is 0 Å². The first-order valence-electron chi connectivity index (χ1n) is 36.3. The number of aliphatic carboxylic acids is 1. The van der Waals surface area contributed by atoms with Crippen molar-refractivity contribution in [1.82, 2.24) is 35.2 Å². The Morgan fingerprint density at radius 2 is 0.981 bits per heavy atom. The molecule has 27 heteroatoms. The molecular formula is C78H102N8O17S2. The van der Waals surface area contributed by atoms with Crippen LogP contribution in [0.3, 0.4) is 0 Å². The van der Waals surface area contributed by atoms with E-state index in [2.05, 4.69) is 58.1 Å². The van der Waals surface area contributed by atoms with Gasteiger partial charge in [-0.15, -0.1) is 13.2 Å². The van der Waals surface area contributed by atoms with Crippen molar-refractivity contribution in [2.45, 2.75) is 201 Å². The first-order chi connectivity index (χ1) is 49.6. The normalized spacial score (nSPS) is 28.0. The quantitative estimate of drug-likeness (QED) is 0.0616. The smallest absolute Gasteiger partial charge is 0.407 e. The maximum absolute atomic E-state index is 14.7. The zero-order valence-corrected chi connectivity index (χ0v) is 63.0. The highest BCUT2D eigenvalue weighted by atomic mass is 32.2. The van der Waals surface area contributed by atoms with E-state index in [9.17, 15) is 60.3 Å². The van der Waals surface area contributed by atoms with E-state index in [0.717, 1.165) is 71.9 Å². The summed E-state index contributed by atoms with van der Waals surface area (Å²) in [6.07, 6.45) is 11.4. The van der Waals surface area contributed by atoms with Crippen LogP contribution < -0.4 is 31.1 Å². The lowest BCUT2D eigenvalue weighted by Gasteiger charge is -2.35. The lowest BCUT2D eigenvalue weighted by Crippen LogP contribution is -2.60. The molecule has 568 valence electrons. The molecule has 7 amide bonds. The molecule has 105 heavy (non-hydrogen) atoms. The standard InChI is InChI=1S/C39H50N4O8S.C30H38N2O6.C9H14N2O3S/c1-6-27-22-39(27,35(46)42-52(48,49)29-19-20-29)41-33(44)31-23-38(50-5)24-43(31)34(45)32(37(2,3)4)40-36(47)51-21-11-7-8-12-25-13-9-10-14-30(25)26-15-17-28(38)18-16-26;1-29(2,3)25-26(33)32-19-30(37-4,18-24(32)27(34)35)22-15-13-21(14-16-22)23-12-8-7-11-20(23)10-6-5-9-17-38-28(36)31-25;1-2-6-5-9(6,10)8(12)11-15(13,14)7-3-4-7/h6,9-10,13-18,27,29,31-32H,1,7-8,11-12,19-24H2,2-5H3,(H,40,47)(H,41,44)(H,42,46);7-8,11-16,24-25H,5-6,9-10,17-19H2,1-4H3,(H,31,36)(H,34,35);2,6-7H,1,3-5,10H2,(H,11,12)/t27-,31+,32-,38+,39-;24-,25+,30-;6-,9-/m101/s1. The third-order valence-electron chi connectivity index (χ3n) is 21.7. The summed E-state index contributed by atoms with van der Waals surface area (Å²) in [5.74, 6) is -4.77. The van der Waals surface area contributed by atoms with Crippen LogP contribution in [0, 0.1) is 22.7 Å². The zero-order valence-electron chi connectivity index (χ0n) is 61.3. The average Bonchev–Trinajstić information content (AvgIpc) is 1.57. The predicted molar refractivity (Wildman–Crippen MR) is 394 cm³/mol. The van der Waals surface area contributed by atoms with Crippen LogP contribution in [0.1, 0.15) is 154 Å². The Kier molecular flexibility index (Phi) is 23.7. The number of carboxylic acids is 1. The van der Waals surface area contributed by atoms with Crippen molar-refractivity contribution in [3.63, 3.8) is 0 Å². The van der Waals surface area contributed by atoms with Gasteiger partial charge in [0.05, 0.1) is 36.8 Å². The highest BCUT2D eigenvalue weighted by Gasteiger charge is 2.63. The maximum Gasteiger partial charge on any atom is 0.407 e. The molecular weight excluding hydrogens is 1390 g/mol. The Balaban J connectivity index is 0.000000193. The minimum Gasteiger partial charge on any atom is -0.480 e. The van der Waals surface area contributed by atoms with Crippen LogP contribution in [0.25, 0.3) is 22.3 Å². The number of sulfonamides is 2. The summed E-state index contributed by atoms with van der Waals surface area (Å²) in [6.45, 7) is 18.7. The SMILES string of the molecule is C=C[C@@H]1C[C@]1(N)C(=O)NS(=O)(=O)C1CC1.C=C[C@@H]1C[C@]1(NC(=O)[C@@H]1C[C@]2(OC)CN1C(=O)[C@H](C(C)(C)C)NC(=O)OCCCCCc1ccccc1-c1ccc2cc1)C(=O)NS(=O)(=O)C1CC1.CO[C@@]12C[C@@H](C(=O)O)N(C1)C(=O)[C@H](C(C)(C)C)NC(=O)OCCCCCc1ccccc1-c1ccc2cc1. The number of alkyl carbamates (subject to hydrolysis) is 2. The molecule has 25 nitrogen and oxygen atoms in total. The van der Waals surface area contributed by atoms with E-state index in [1.165, 1.54) is 34.1 Å². The molecule has 0 unspecified atom stereocenters. The first-order valence-corrected chi connectivity index (χ1v) is 39.4. The van der Waals surface area contributed by atoms with Gasteiger partial charge < -0.3 is 55.5 Å². The van der Waals surface area contributed by atoms with Crippen LogP contribution in [-0.4, -0.2) is 166 Å². The molecule has 4 aromatic carbocycles. The molecule has 0 radical (unpaired) electrons. The summed E-state index contributed by atoms with van der Waals surface area (Å²) >= 11 is 0. The Morgan fingerprint density at radius 1 is 0.571 bits per heavy atom. The number of carboxylic acid groups (broad SMARTS) is 1. The molecule has 4 saturated carbocycles. The van der Waals surface area contributed by atoms with Gasteiger partial charge in [-0.25, -0.2) is 31.2 Å². The number of fused-ring (bicyclic) bond motifs is 22. The minimum absolute atomic E-state index is 0.0280. The van der Waals surface area contributed by atoms with Crippen molar-refractivity contribution in [1.29, 1.82) is 0 Å². The highest BCUT2D eigenvalue weighted by molar-refractivity contribution is 7.91. The minimum atomic E-state index is -3.89. The van der Waals surface area contributed by atoms with Crippen LogP contribution in [0.4, 0.5) is 9.59 Å². The first kappa shape index (κ1) is 79.1. The average molecular weight is 1490 g/mol. The van der Waals surface area contributed by atoms with Gasteiger partial charge in [0, 0.05) is 38.9 Å². The van der Waals surface area contributed by atoms with E-state index in [0.29, 0.717) is 44.9 Å². The second kappa shape index (κ2) is 31.5. The van der Waals surface area contributed by atoms with Crippen molar-refractivity contribution in [2.24, 2.45) is 28.4 Å². The number of carbonyl (C=O) groups is 8. The number of nitrogens with one attached hydrogen (secondary N) is 5. The topological polar surface area (TPSA) is 355 Å². The van der Waals surface area contributed by atoms with Gasteiger partial charge in [0.25, 0.3) is 11.8 Å². The van der Waals surface area contributed by atoms with Gasteiger partial charge in [-0.2, -0.15) is 0 Å². The Labute approximate surface area is 616 Å². The number of nitrogens with two attached hydrogens (primary N) is 1. The van der Waals surface area contributed by atoms with Crippen molar-refractivity contribution < 1.29 is 79.2 Å². The summed E-state index contributed by atoms with van der Waals surface area (Å²) in [5.41, 5.74) is 7.89. The van der Waals surface area contributed by atoms with Crippen molar-refractivity contribution >= 4 is 67.7 Å². The number of aryl methyl sites for hydroxylation is 2. The molecule has 0 aromatic heterocycles. The monoisotopic (exact) mass is 1490 g/mol. The predicted octanol–water partition coefficient (Wildman–Crippen LogP) is 8.58. The summed E-state index contributed by atoms with van der Waals surface area (Å²) < 4.78 is 75.7. The molecule has 6 fully saturated rings. The van der Waals surface area contributed by atoms with Crippen molar-refractivity contribution in [3.05, 3.63) is 145 Å². The van der Waals surface area contributed by atoms with E-state index in [1.54, 1.807) is 13.2 Å². The van der Waals surface area contributed by atoms with Crippen LogP contribution >= 0.6 is 0 Å². The fourth-order valence-electron chi connectivity index (χ4n) is 14.6. The Hall–Kier alpha value is -8.50. The number of ether oxygens (including phenoxy) is 4. The molecule has 10 aliphatic rings. The van der Waals surface area contributed by atoms with Gasteiger partial charge in [-0.05, 0) is 145 Å². The van der Waals surface area contributed by atoms with Crippen LogP contribution in [0.15, 0.2) is 122 Å². The molecule has 10 atom stereocenters. The van der Waals surface area contributed by atoms with Crippen molar-refractivity contribution in [2.75, 3.05) is 40.5 Å². The summed E-state index contributed by atoms with van der Waals surface area (Å²) in [6, 6.07) is 28.2. The third-order valence-corrected chi connectivity index (χ3v) is 25.3. The van der Waals surface area contributed by atoms with E-state index < -0.39 is 141 Å². The molecule has 6 aliphatic heterocycles. The molecule has 8 N–H and O–H groups in total. The fraction of sp³-hybridized carbons (Fsp3) is 0.538. The molecule has 0 spiro atoms. The van der Waals surface area contributed by atoms with Gasteiger partial charge in [0.15, 0.2) is 0 Å². The number of nitrogens with zero attached hydrogens (tertiary/aromatic N) is 2. The maximum atomic E-state index is 14.7. The van der Waals surface area contributed by atoms with Gasteiger partial charge in [0.1, 0.15) is 46.4 Å². The lowest BCUT2D eigenvalue weighted by atomic mass is 9.85. The summed E-state index contributed by atoms with van der Waals surface area (Å²) in [5, 5.41) is 17.4. The molecule has 6 heterocycles. The van der Waals surface area contributed by atoms with E-state index in [1.807, 2.05) is 119 Å². The van der Waals surface area contributed by atoms with Crippen LogP contribution in [-0.2, 0) is 91.8 Å². The molecule has 4 aliphatic carbocycles. The Morgan fingerprint density at radius 3 is 1.36 bits per heavy atom. The van der Waals surface area contributed by atoms with Gasteiger partial charge in [-0.3, -0.25) is 33.4 Å². The number of methoxy groups -OCH3 is 2. The number of rotatable bonds is 13. The molecule has 8 bridgehead atoms. The lowest BCUT2D eigenvalue weighted by molar-refractivity contribution is -0.150. The second-order valence-corrected chi connectivity index (χ2v) is 35.2. The largest absolute Gasteiger partial charge is 0.480 e. The number of hydrogen-bond acceptors (Lipinski definition) is 17. The van der Waals surface area contributed by atoms with Gasteiger partial charge in [0.2, 0.25) is 37.8 Å². The zero-order chi connectivity index (χ0) is 76.2. The molecule has 14 rings (SSSR count). The second-order valence-electron chi connectivity index (χ2n) is 31.3. The fourth-order valence-corrected chi connectivity index (χ4v) is 17.3. The number of carbonyl (C=O) groups excluding carboxylic acids is 7. The molecule has 2 saturated heterocycles. The number of hydrogen-bond donors (Lipinski definition) is 7. The third kappa shape index (κ3) is 17.8.